The highest BCUT2D eigenvalue weighted by Crippen LogP contribution is 2.54. The van der Waals surface area contributed by atoms with E-state index < -0.39 is 4.87 Å². The summed E-state index contributed by atoms with van der Waals surface area (Å²) in [6, 6.07) is 12.6. The SMILES string of the molecule is Cc1ccc(F)cc1C1=NN(C(=O)CCC2CCCNC2)C2(CCOc3ccccc32)S1. The van der Waals surface area contributed by atoms with Crippen LogP contribution >= 0.6 is 11.8 Å². The summed E-state index contributed by atoms with van der Waals surface area (Å²) >= 11 is 1.55. The van der Waals surface area contributed by atoms with Crippen molar-refractivity contribution in [3.05, 3.63) is 65.0 Å². The smallest absolute Gasteiger partial charge is 0.244 e. The Balaban J connectivity index is 1.50. The van der Waals surface area contributed by atoms with Crippen molar-refractivity contribution in [1.29, 1.82) is 0 Å². The summed E-state index contributed by atoms with van der Waals surface area (Å²) in [7, 11) is 0. The second-order valence-electron chi connectivity index (χ2n) is 8.80. The molecule has 3 heterocycles. The Hall–Kier alpha value is -2.38. The number of amides is 1. The molecule has 3 aliphatic rings. The summed E-state index contributed by atoms with van der Waals surface area (Å²) in [6.45, 7) is 4.49. The lowest BCUT2D eigenvalue weighted by Gasteiger charge is -2.39. The zero-order valence-electron chi connectivity index (χ0n) is 18.3. The van der Waals surface area contributed by atoms with Gasteiger partial charge in [0.05, 0.1) is 6.61 Å². The van der Waals surface area contributed by atoms with E-state index in [4.69, 9.17) is 9.84 Å². The molecule has 168 valence electrons. The van der Waals surface area contributed by atoms with Crippen molar-refractivity contribution < 1.29 is 13.9 Å². The van der Waals surface area contributed by atoms with E-state index in [1.54, 1.807) is 22.8 Å². The molecule has 1 N–H and O–H groups in total. The standard InChI is InChI=1S/C25H28FN3O2S/c1-17-8-10-19(26)15-20(17)24-28-29(23(30)11-9-18-5-4-13-27-16-18)25(32-24)12-14-31-22-7-3-2-6-21(22)25/h2-3,6-8,10,15,18,27H,4-5,9,11-14,16H2,1H3. The average Bonchev–Trinajstić information content (AvgIpc) is 3.20. The fourth-order valence-electron chi connectivity index (χ4n) is 4.86. The predicted molar refractivity (Wildman–Crippen MR) is 125 cm³/mol. The highest BCUT2D eigenvalue weighted by Gasteiger charge is 2.51. The number of benzene rings is 2. The van der Waals surface area contributed by atoms with Gasteiger partial charge in [0.15, 0.2) is 0 Å². The molecule has 1 spiro atoms. The molecule has 2 aromatic carbocycles. The molecule has 5 nitrogen and oxygen atoms in total. The first-order valence-electron chi connectivity index (χ1n) is 11.4. The van der Waals surface area contributed by atoms with Gasteiger partial charge in [-0.1, -0.05) is 36.0 Å². The number of aryl methyl sites for hydroxylation is 1. The lowest BCUT2D eigenvalue weighted by Crippen LogP contribution is -2.44. The van der Waals surface area contributed by atoms with Gasteiger partial charge in [-0.05, 0) is 69.0 Å². The molecule has 3 aliphatic heterocycles. The van der Waals surface area contributed by atoms with Crippen LogP contribution in [-0.2, 0) is 9.67 Å². The van der Waals surface area contributed by atoms with Gasteiger partial charge in [0.25, 0.3) is 0 Å². The molecule has 2 unspecified atom stereocenters. The van der Waals surface area contributed by atoms with E-state index in [0.29, 0.717) is 30.4 Å². The molecule has 1 amide bonds. The van der Waals surface area contributed by atoms with Crippen LogP contribution in [0.4, 0.5) is 4.39 Å². The Labute approximate surface area is 192 Å². The predicted octanol–water partition coefficient (Wildman–Crippen LogP) is 4.79. The van der Waals surface area contributed by atoms with Gasteiger partial charge < -0.3 is 10.1 Å². The summed E-state index contributed by atoms with van der Waals surface area (Å²) in [5, 5.41) is 10.6. The topological polar surface area (TPSA) is 53.9 Å². The number of rotatable bonds is 4. The van der Waals surface area contributed by atoms with E-state index in [1.807, 2.05) is 31.2 Å². The third-order valence-corrected chi connectivity index (χ3v) is 8.07. The molecule has 1 saturated heterocycles. The highest BCUT2D eigenvalue weighted by atomic mass is 32.2. The van der Waals surface area contributed by atoms with E-state index >= 15 is 0 Å². The molecule has 0 aliphatic carbocycles. The Morgan fingerprint density at radius 2 is 2.22 bits per heavy atom. The van der Waals surface area contributed by atoms with Crippen molar-refractivity contribution in [2.45, 2.75) is 43.9 Å². The molecular formula is C25H28FN3O2S. The van der Waals surface area contributed by atoms with Crippen LogP contribution in [0.25, 0.3) is 0 Å². The third kappa shape index (κ3) is 3.92. The molecule has 2 aromatic rings. The number of hydrazone groups is 1. The zero-order chi connectivity index (χ0) is 22.1. The number of nitrogens with zero attached hydrogens (tertiary/aromatic N) is 2. The van der Waals surface area contributed by atoms with Crippen LogP contribution < -0.4 is 10.1 Å². The first-order chi connectivity index (χ1) is 15.6. The van der Waals surface area contributed by atoms with E-state index in [9.17, 15) is 9.18 Å². The minimum atomic E-state index is -0.662. The van der Waals surface area contributed by atoms with Crippen molar-refractivity contribution >= 4 is 22.7 Å². The van der Waals surface area contributed by atoms with Crippen LogP contribution in [0.5, 0.6) is 5.75 Å². The number of para-hydroxylation sites is 1. The van der Waals surface area contributed by atoms with Gasteiger partial charge in [0.2, 0.25) is 5.91 Å². The Kier molecular flexibility index (Phi) is 5.95. The molecule has 0 saturated carbocycles. The molecule has 0 bridgehead atoms. The fourth-order valence-corrected chi connectivity index (χ4v) is 6.33. The molecule has 0 aromatic heterocycles. The summed E-state index contributed by atoms with van der Waals surface area (Å²) in [6.07, 6.45) is 4.26. The number of halogens is 1. The Morgan fingerprint density at radius 3 is 3.06 bits per heavy atom. The maximum absolute atomic E-state index is 14.1. The monoisotopic (exact) mass is 453 g/mol. The van der Waals surface area contributed by atoms with Gasteiger partial charge in [-0.3, -0.25) is 4.79 Å². The van der Waals surface area contributed by atoms with E-state index in [2.05, 4.69) is 5.32 Å². The minimum Gasteiger partial charge on any atom is -0.493 e. The van der Waals surface area contributed by atoms with Crippen LogP contribution in [0.2, 0.25) is 0 Å². The second kappa shape index (κ2) is 8.87. The minimum absolute atomic E-state index is 0.0174. The molecule has 7 heteroatoms. The van der Waals surface area contributed by atoms with Crippen LogP contribution in [0.1, 0.15) is 48.8 Å². The normalized spacial score (nSPS) is 24.8. The number of fused-ring (bicyclic) bond motifs is 2. The van der Waals surface area contributed by atoms with Crippen molar-refractivity contribution in [2.75, 3.05) is 19.7 Å². The van der Waals surface area contributed by atoms with Crippen LogP contribution in [0.3, 0.4) is 0 Å². The quantitative estimate of drug-likeness (QED) is 0.724. The number of ether oxygens (including phenoxy) is 1. The molecule has 0 radical (unpaired) electrons. The lowest BCUT2D eigenvalue weighted by atomic mass is 9.94. The second-order valence-corrected chi connectivity index (χ2v) is 10.1. The number of piperidine rings is 1. The summed E-state index contributed by atoms with van der Waals surface area (Å²) in [5.41, 5.74) is 2.64. The summed E-state index contributed by atoms with van der Waals surface area (Å²) in [4.78, 5) is 12.9. The Morgan fingerprint density at radius 1 is 1.34 bits per heavy atom. The van der Waals surface area contributed by atoms with Gasteiger partial charge in [0.1, 0.15) is 21.5 Å². The van der Waals surface area contributed by atoms with Gasteiger partial charge in [-0.25, -0.2) is 9.40 Å². The number of nitrogens with one attached hydrogen (secondary N) is 1. The average molecular weight is 454 g/mol. The van der Waals surface area contributed by atoms with Gasteiger partial charge >= 0.3 is 0 Å². The third-order valence-electron chi connectivity index (χ3n) is 6.64. The first-order valence-corrected chi connectivity index (χ1v) is 12.2. The lowest BCUT2D eigenvalue weighted by molar-refractivity contribution is -0.135. The zero-order valence-corrected chi connectivity index (χ0v) is 19.1. The van der Waals surface area contributed by atoms with Crippen LogP contribution in [0.15, 0.2) is 47.6 Å². The molecule has 1 fully saturated rings. The van der Waals surface area contributed by atoms with E-state index in [0.717, 1.165) is 54.8 Å². The fraction of sp³-hybridized carbons (Fsp3) is 0.440. The van der Waals surface area contributed by atoms with Crippen LogP contribution in [-0.4, -0.2) is 35.7 Å². The van der Waals surface area contributed by atoms with Gasteiger partial charge in [0, 0.05) is 24.0 Å². The summed E-state index contributed by atoms with van der Waals surface area (Å²) < 4.78 is 20.0. The van der Waals surface area contributed by atoms with Crippen molar-refractivity contribution in [3.8, 4) is 5.75 Å². The highest BCUT2D eigenvalue weighted by molar-refractivity contribution is 8.15. The maximum Gasteiger partial charge on any atom is 0.244 e. The number of carbonyl (C=O) groups is 1. The molecule has 2 atom stereocenters. The molecule has 32 heavy (non-hydrogen) atoms. The van der Waals surface area contributed by atoms with Crippen LogP contribution in [0, 0.1) is 18.7 Å². The van der Waals surface area contributed by atoms with Gasteiger partial charge in [-0.15, -0.1) is 0 Å². The van der Waals surface area contributed by atoms with E-state index in [-0.39, 0.29) is 11.7 Å². The van der Waals surface area contributed by atoms with Gasteiger partial charge in [-0.2, -0.15) is 5.10 Å². The molecule has 5 rings (SSSR count). The largest absolute Gasteiger partial charge is 0.493 e. The number of thioether (sulfide) groups is 1. The van der Waals surface area contributed by atoms with E-state index in [1.165, 1.54) is 12.1 Å². The van der Waals surface area contributed by atoms with Crippen molar-refractivity contribution in [3.63, 3.8) is 0 Å². The number of hydrogen-bond donors (Lipinski definition) is 1. The number of carbonyl (C=O) groups excluding carboxylic acids is 1. The molecular weight excluding hydrogens is 425 g/mol. The van der Waals surface area contributed by atoms with Crippen molar-refractivity contribution in [1.82, 2.24) is 10.3 Å². The van der Waals surface area contributed by atoms with Crippen molar-refractivity contribution in [2.24, 2.45) is 11.0 Å². The first kappa shape index (κ1) is 21.5. The Bertz CT molecular complexity index is 1050. The maximum atomic E-state index is 14.1. The summed E-state index contributed by atoms with van der Waals surface area (Å²) in [5.74, 6) is 1.02. The number of hydrogen-bond acceptors (Lipinski definition) is 5.